The number of carbonyl (C=O) groups is 1. The van der Waals surface area contributed by atoms with E-state index in [0.29, 0.717) is 12.3 Å². The molecule has 1 fully saturated rings. The predicted molar refractivity (Wildman–Crippen MR) is 62.3 cm³/mol. The molecule has 3 heteroatoms. The monoisotopic (exact) mass is 210 g/mol. The van der Waals surface area contributed by atoms with E-state index in [1.54, 1.807) is 6.08 Å². The zero-order valence-electron chi connectivity index (χ0n) is 9.54. The van der Waals surface area contributed by atoms with Crippen LogP contribution in [0.5, 0.6) is 0 Å². The third-order valence-electron chi connectivity index (χ3n) is 3.13. The molecule has 1 aliphatic rings. The molecule has 0 heterocycles. The van der Waals surface area contributed by atoms with Crippen LogP contribution in [0.3, 0.4) is 0 Å². The van der Waals surface area contributed by atoms with Crippen LogP contribution in [0.25, 0.3) is 0 Å². The molecular weight excluding hydrogens is 188 g/mol. The van der Waals surface area contributed by atoms with Crippen LogP contribution < -0.4 is 11.1 Å². The zero-order valence-corrected chi connectivity index (χ0v) is 9.54. The lowest BCUT2D eigenvalue weighted by atomic mass is 10.1. The Morgan fingerprint density at radius 2 is 2.40 bits per heavy atom. The van der Waals surface area contributed by atoms with E-state index in [0.717, 1.165) is 12.5 Å². The minimum absolute atomic E-state index is 0.0468. The molecule has 0 radical (unpaired) electrons. The van der Waals surface area contributed by atoms with Crippen LogP contribution in [0.2, 0.25) is 0 Å². The molecule has 15 heavy (non-hydrogen) atoms. The third-order valence-corrected chi connectivity index (χ3v) is 3.13. The van der Waals surface area contributed by atoms with Crippen molar-refractivity contribution in [3.8, 4) is 0 Å². The van der Waals surface area contributed by atoms with E-state index in [4.69, 9.17) is 5.73 Å². The van der Waals surface area contributed by atoms with Gasteiger partial charge in [0.1, 0.15) is 0 Å². The number of nitrogens with one attached hydrogen (secondary N) is 1. The van der Waals surface area contributed by atoms with E-state index in [9.17, 15) is 4.79 Å². The summed E-state index contributed by atoms with van der Waals surface area (Å²) in [5.41, 5.74) is 5.66. The Morgan fingerprint density at radius 1 is 1.67 bits per heavy atom. The smallest absolute Gasteiger partial charge is 0.237 e. The summed E-state index contributed by atoms with van der Waals surface area (Å²) in [4.78, 5) is 11.5. The van der Waals surface area contributed by atoms with Gasteiger partial charge in [0, 0.05) is 6.54 Å². The maximum atomic E-state index is 11.5. The second kappa shape index (κ2) is 5.91. The standard InChI is InChI=1S/C12H22N2O/c1-3-4-11(13)12(15)14-8-10-6-5-9(2)7-10/h3,9-11H,1,4-8,13H2,2H3,(H,14,15). The maximum Gasteiger partial charge on any atom is 0.237 e. The van der Waals surface area contributed by atoms with E-state index >= 15 is 0 Å². The van der Waals surface area contributed by atoms with Crippen LogP contribution >= 0.6 is 0 Å². The van der Waals surface area contributed by atoms with Crippen molar-refractivity contribution in [2.45, 2.75) is 38.6 Å². The van der Waals surface area contributed by atoms with Gasteiger partial charge in [-0.15, -0.1) is 6.58 Å². The Labute approximate surface area is 92.1 Å². The first-order chi connectivity index (χ1) is 7.13. The minimum atomic E-state index is -0.429. The molecule has 1 aliphatic carbocycles. The summed E-state index contributed by atoms with van der Waals surface area (Å²) in [6.07, 6.45) is 5.99. The highest BCUT2D eigenvalue weighted by atomic mass is 16.2. The van der Waals surface area contributed by atoms with Crippen molar-refractivity contribution in [3.63, 3.8) is 0 Å². The molecule has 3 atom stereocenters. The van der Waals surface area contributed by atoms with E-state index < -0.39 is 6.04 Å². The Balaban J connectivity index is 2.19. The van der Waals surface area contributed by atoms with Crippen LogP contribution in [-0.4, -0.2) is 18.5 Å². The zero-order chi connectivity index (χ0) is 11.3. The number of amides is 1. The van der Waals surface area contributed by atoms with E-state index in [2.05, 4.69) is 18.8 Å². The molecule has 0 aliphatic heterocycles. The number of carbonyl (C=O) groups excluding carboxylic acids is 1. The lowest BCUT2D eigenvalue weighted by Gasteiger charge is -2.14. The summed E-state index contributed by atoms with van der Waals surface area (Å²) >= 11 is 0. The topological polar surface area (TPSA) is 55.1 Å². The van der Waals surface area contributed by atoms with E-state index in [-0.39, 0.29) is 5.91 Å². The summed E-state index contributed by atoms with van der Waals surface area (Å²) in [5.74, 6) is 1.42. The van der Waals surface area contributed by atoms with Crippen molar-refractivity contribution >= 4 is 5.91 Å². The molecule has 0 spiro atoms. The number of rotatable bonds is 5. The molecule has 1 rings (SSSR count). The van der Waals surface area contributed by atoms with Crippen molar-refractivity contribution in [2.75, 3.05) is 6.54 Å². The largest absolute Gasteiger partial charge is 0.354 e. The van der Waals surface area contributed by atoms with Crippen LogP contribution in [0.1, 0.15) is 32.6 Å². The Morgan fingerprint density at radius 3 is 2.93 bits per heavy atom. The summed E-state index contributed by atoms with van der Waals surface area (Å²) in [6.45, 7) is 6.63. The Hall–Kier alpha value is -0.830. The summed E-state index contributed by atoms with van der Waals surface area (Å²) < 4.78 is 0. The molecule has 3 nitrogen and oxygen atoms in total. The number of hydrogen-bond acceptors (Lipinski definition) is 2. The fourth-order valence-electron chi connectivity index (χ4n) is 2.17. The van der Waals surface area contributed by atoms with Gasteiger partial charge in [0.2, 0.25) is 5.91 Å². The van der Waals surface area contributed by atoms with Gasteiger partial charge in [0.15, 0.2) is 0 Å². The SMILES string of the molecule is C=CCC(N)C(=O)NCC1CCC(C)C1. The highest BCUT2D eigenvalue weighted by Gasteiger charge is 2.22. The van der Waals surface area contributed by atoms with E-state index in [1.807, 2.05) is 0 Å². The van der Waals surface area contributed by atoms with Gasteiger partial charge in [-0.2, -0.15) is 0 Å². The predicted octanol–water partition coefficient (Wildman–Crippen LogP) is 1.44. The molecule has 0 aromatic rings. The minimum Gasteiger partial charge on any atom is -0.354 e. The fourth-order valence-corrected chi connectivity index (χ4v) is 2.17. The Kier molecular flexibility index (Phi) is 4.82. The third kappa shape index (κ3) is 4.04. The van der Waals surface area contributed by atoms with Crippen molar-refractivity contribution in [1.82, 2.24) is 5.32 Å². The summed E-state index contributed by atoms with van der Waals surface area (Å²) in [5, 5.41) is 2.92. The summed E-state index contributed by atoms with van der Waals surface area (Å²) in [7, 11) is 0. The van der Waals surface area contributed by atoms with Crippen LogP contribution in [0.4, 0.5) is 0 Å². The van der Waals surface area contributed by atoms with E-state index in [1.165, 1.54) is 19.3 Å². The summed E-state index contributed by atoms with van der Waals surface area (Å²) in [6, 6.07) is -0.429. The van der Waals surface area contributed by atoms with Crippen molar-refractivity contribution < 1.29 is 4.79 Å². The van der Waals surface area contributed by atoms with Gasteiger partial charge in [-0.1, -0.05) is 19.4 Å². The lowest BCUT2D eigenvalue weighted by molar-refractivity contribution is -0.122. The quantitative estimate of drug-likeness (QED) is 0.675. The highest BCUT2D eigenvalue weighted by molar-refractivity contribution is 5.81. The van der Waals surface area contributed by atoms with Gasteiger partial charge in [-0.25, -0.2) is 0 Å². The average Bonchev–Trinajstić information content (AvgIpc) is 2.61. The molecule has 86 valence electrons. The van der Waals surface area contributed by atoms with Gasteiger partial charge in [0.25, 0.3) is 0 Å². The molecule has 0 aromatic heterocycles. The van der Waals surface area contributed by atoms with Crippen molar-refractivity contribution in [2.24, 2.45) is 17.6 Å². The van der Waals surface area contributed by atoms with Crippen LogP contribution in [0, 0.1) is 11.8 Å². The molecule has 1 amide bonds. The number of hydrogen-bond donors (Lipinski definition) is 2. The molecule has 3 N–H and O–H groups in total. The number of nitrogens with two attached hydrogens (primary N) is 1. The van der Waals surface area contributed by atoms with Crippen LogP contribution in [0.15, 0.2) is 12.7 Å². The Bertz CT molecular complexity index is 228. The van der Waals surface area contributed by atoms with Gasteiger partial charge in [-0.3, -0.25) is 4.79 Å². The second-order valence-corrected chi connectivity index (χ2v) is 4.66. The van der Waals surface area contributed by atoms with Gasteiger partial charge in [-0.05, 0) is 31.1 Å². The van der Waals surface area contributed by atoms with Gasteiger partial charge < -0.3 is 11.1 Å². The normalized spacial score (nSPS) is 27.3. The van der Waals surface area contributed by atoms with Gasteiger partial charge in [0.05, 0.1) is 6.04 Å². The highest BCUT2D eigenvalue weighted by Crippen LogP contribution is 2.29. The molecule has 0 saturated heterocycles. The maximum absolute atomic E-state index is 11.5. The fraction of sp³-hybridized carbons (Fsp3) is 0.750. The first-order valence-corrected chi connectivity index (χ1v) is 5.77. The molecule has 0 aromatic carbocycles. The lowest BCUT2D eigenvalue weighted by Crippen LogP contribution is -2.41. The van der Waals surface area contributed by atoms with Crippen molar-refractivity contribution in [1.29, 1.82) is 0 Å². The van der Waals surface area contributed by atoms with Crippen LogP contribution in [-0.2, 0) is 4.79 Å². The van der Waals surface area contributed by atoms with Crippen molar-refractivity contribution in [3.05, 3.63) is 12.7 Å². The molecule has 0 bridgehead atoms. The molecular formula is C12H22N2O. The molecule has 3 unspecified atom stereocenters. The average molecular weight is 210 g/mol. The van der Waals surface area contributed by atoms with Gasteiger partial charge >= 0.3 is 0 Å². The first kappa shape index (κ1) is 12.2. The molecule has 1 saturated carbocycles. The second-order valence-electron chi connectivity index (χ2n) is 4.66. The first-order valence-electron chi connectivity index (χ1n) is 5.77.